The zero-order chi connectivity index (χ0) is 22.4. The molecule has 5 nitrogen and oxygen atoms in total. The van der Waals surface area contributed by atoms with E-state index in [1.54, 1.807) is 4.90 Å². The molecule has 0 saturated carbocycles. The van der Waals surface area contributed by atoms with Crippen LogP contribution in [0.5, 0.6) is 0 Å². The molecule has 3 heterocycles. The van der Waals surface area contributed by atoms with Gasteiger partial charge in [0.25, 0.3) is 0 Å². The van der Waals surface area contributed by atoms with Crippen molar-refractivity contribution in [3.63, 3.8) is 0 Å². The zero-order valence-electron chi connectivity index (χ0n) is 18.5. The minimum Gasteiger partial charge on any atom is -0.381 e. The van der Waals surface area contributed by atoms with Gasteiger partial charge in [-0.1, -0.05) is 20.3 Å². The van der Waals surface area contributed by atoms with Crippen LogP contribution in [0.1, 0.15) is 69.2 Å². The van der Waals surface area contributed by atoms with E-state index in [4.69, 9.17) is 4.74 Å². The van der Waals surface area contributed by atoms with Crippen LogP contribution >= 0.6 is 0 Å². The average molecular weight is 442 g/mol. The van der Waals surface area contributed by atoms with Gasteiger partial charge in [-0.15, -0.1) is 0 Å². The Labute approximate surface area is 182 Å². The Balaban J connectivity index is 1.54. The fraction of sp³-hybridized carbons (Fsp3) is 0.739. The summed E-state index contributed by atoms with van der Waals surface area (Å²) in [4.78, 5) is 18.7. The van der Waals surface area contributed by atoms with Crippen molar-refractivity contribution in [2.24, 2.45) is 5.92 Å². The number of carbonyl (C=O) groups excluding carboxylic acids is 1. The first kappa shape index (κ1) is 24.0. The number of halogens is 3. The van der Waals surface area contributed by atoms with E-state index in [1.807, 2.05) is 6.92 Å². The fourth-order valence-corrected chi connectivity index (χ4v) is 4.51. The third kappa shape index (κ3) is 6.65. The molecule has 0 aliphatic carbocycles. The molecule has 31 heavy (non-hydrogen) atoms. The number of ether oxygens (including phenoxy) is 1. The van der Waals surface area contributed by atoms with Gasteiger partial charge in [0, 0.05) is 62.6 Å². The molecule has 1 unspecified atom stereocenters. The van der Waals surface area contributed by atoms with Gasteiger partial charge in [-0.3, -0.25) is 9.78 Å². The highest BCUT2D eigenvalue weighted by atomic mass is 19.4. The molecule has 3 rings (SSSR count). The molecule has 2 atom stereocenters. The number of hydrogen-bond acceptors (Lipinski definition) is 4. The van der Waals surface area contributed by atoms with Crippen molar-refractivity contribution in [2.75, 3.05) is 19.8 Å². The van der Waals surface area contributed by atoms with Crippen LogP contribution in [-0.2, 0) is 28.7 Å². The Bertz CT molecular complexity index is 735. The van der Waals surface area contributed by atoms with E-state index in [9.17, 15) is 18.0 Å². The fourth-order valence-electron chi connectivity index (χ4n) is 4.51. The quantitative estimate of drug-likeness (QED) is 0.652. The summed E-state index contributed by atoms with van der Waals surface area (Å²) in [6.07, 6.45) is 2.85. The summed E-state index contributed by atoms with van der Waals surface area (Å²) in [7, 11) is 0. The van der Waals surface area contributed by atoms with Gasteiger partial charge in [-0.2, -0.15) is 13.2 Å². The van der Waals surface area contributed by atoms with E-state index in [0.717, 1.165) is 64.0 Å². The second-order valence-corrected chi connectivity index (χ2v) is 8.85. The predicted molar refractivity (Wildman–Crippen MR) is 112 cm³/mol. The number of nitrogens with one attached hydrogen (secondary N) is 1. The first-order chi connectivity index (χ1) is 14.8. The second kappa shape index (κ2) is 10.8. The molecule has 8 heteroatoms. The van der Waals surface area contributed by atoms with Crippen LogP contribution in [0.25, 0.3) is 0 Å². The minimum atomic E-state index is -4.42. The lowest BCUT2D eigenvalue weighted by Gasteiger charge is -2.32. The summed E-state index contributed by atoms with van der Waals surface area (Å²) in [5.41, 5.74) is 0.412. The first-order valence-corrected chi connectivity index (χ1v) is 11.5. The first-order valence-electron chi connectivity index (χ1n) is 11.5. The molecule has 0 aromatic carbocycles. The zero-order valence-corrected chi connectivity index (χ0v) is 18.5. The van der Waals surface area contributed by atoms with Gasteiger partial charge >= 0.3 is 6.18 Å². The molecule has 1 amide bonds. The van der Waals surface area contributed by atoms with Crippen LogP contribution in [0.3, 0.4) is 0 Å². The molecule has 174 valence electrons. The van der Waals surface area contributed by atoms with Crippen molar-refractivity contribution >= 4 is 5.91 Å². The molecule has 1 aromatic rings. The second-order valence-electron chi connectivity index (χ2n) is 8.85. The normalized spacial score (nSPS) is 19.7. The molecular weight excluding hydrogens is 407 g/mol. The van der Waals surface area contributed by atoms with Gasteiger partial charge in [0.1, 0.15) is 0 Å². The van der Waals surface area contributed by atoms with E-state index in [2.05, 4.69) is 17.2 Å². The third-order valence-electron chi connectivity index (χ3n) is 6.38. The summed E-state index contributed by atoms with van der Waals surface area (Å²) < 4.78 is 44.5. The van der Waals surface area contributed by atoms with Crippen LogP contribution in [0.15, 0.2) is 12.3 Å². The molecule has 2 aliphatic rings. The number of hydrogen-bond donors (Lipinski definition) is 1. The average Bonchev–Trinajstić information content (AvgIpc) is 2.76. The lowest BCUT2D eigenvalue weighted by atomic mass is 9.95. The summed E-state index contributed by atoms with van der Waals surface area (Å²) in [6.45, 7) is 6.40. The van der Waals surface area contributed by atoms with E-state index < -0.39 is 11.7 Å². The lowest BCUT2D eigenvalue weighted by molar-refractivity contribution is -0.137. The van der Waals surface area contributed by atoms with E-state index >= 15 is 0 Å². The molecule has 0 radical (unpaired) electrons. The standard InChI is InChI=1S/C23H34F3N3O2/c1-3-4-19(28-20-8-11-31-12-9-20)6-5-16(2)22(30)29-10-7-21-17(15-29)13-18(14-27-21)23(24,25)26/h13-14,16,19-20,28H,3-12,15H2,1-2H3/t16-,19?/m1/s1. The summed E-state index contributed by atoms with van der Waals surface area (Å²) in [5, 5.41) is 3.74. The highest BCUT2D eigenvalue weighted by Gasteiger charge is 2.33. The maximum absolute atomic E-state index is 13.0. The predicted octanol–water partition coefficient (Wildman–Crippen LogP) is 4.34. The maximum atomic E-state index is 13.0. The van der Waals surface area contributed by atoms with Crippen LogP contribution < -0.4 is 5.32 Å². The van der Waals surface area contributed by atoms with E-state index in [0.29, 0.717) is 36.3 Å². The number of pyridine rings is 1. The summed E-state index contributed by atoms with van der Waals surface area (Å²) >= 11 is 0. The smallest absolute Gasteiger partial charge is 0.381 e. The van der Waals surface area contributed by atoms with Crippen molar-refractivity contribution < 1.29 is 22.7 Å². The number of rotatable bonds is 8. The van der Waals surface area contributed by atoms with Gasteiger partial charge < -0.3 is 15.0 Å². The Kier molecular flexibility index (Phi) is 8.33. The monoisotopic (exact) mass is 441 g/mol. The number of aromatic nitrogens is 1. The minimum absolute atomic E-state index is 0.0179. The Hall–Kier alpha value is -1.67. The van der Waals surface area contributed by atoms with Crippen molar-refractivity contribution in [3.05, 3.63) is 29.1 Å². The molecular formula is C23H34F3N3O2. The van der Waals surface area contributed by atoms with Gasteiger partial charge in [-0.25, -0.2) is 0 Å². The van der Waals surface area contributed by atoms with Gasteiger partial charge in [0.2, 0.25) is 5.91 Å². The molecule has 1 saturated heterocycles. The number of nitrogens with zero attached hydrogens (tertiary/aromatic N) is 2. The summed E-state index contributed by atoms with van der Waals surface area (Å²) in [6, 6.07) is 2.00. The van der Waals surface area contributed by atoms with Gasteiger partial charge in [0.05, 0.1) is 5.56 Å². The SMILES string of the molecule is CCCC(CC[C@@H](C)C(=O)N1CCc2ncc(C(F)(F)F)cc2C1)NC1CCOCC1. The molecule has 2 aliphatic heterocycles. The lowest BCUT2D eigenvalue weighted by Crippen LogP contribution is -2.43. The Morgan fingerprint density at radius 2 is 2.03 bits per heavy atom. The van der Waals surface area contributed by atoms with Gasteiger partial charge in [-0.05, 0) is 43.7 Å². The summed E-state index contributed by atoms with van der Waals surface area (Å²) in [5.74, 6) is -0.138. The van der Waals surface area contributed by atoms with Crippen molar-refractivity contribution in [1.29, 1.82) is 0 Å². The van der Waals surface area contributed by atoms with Crippen LogP contribution in [0.4, 0.5) is 13.2 Å². The highest BCUT2D eigenvalue weighted by Crippen LogP contribution is 2.31. The number of alkyl halides is 3. The van der Waals surface area contributed by atoms with Crippen LogP contribution in [-0.4, -0.2) is 47.6 Å². The van der Waals surface area contributed by atoms with E-state index in [-0.39, 0.29) is 18.4 Å². The van der Waals surface area contributed by atoms with Crippen molar-refractivity contribution in [1.82, 2.24) is 15.2 Å². The number of fused-ring (bicyclic) bond motifs is 1. The highest BCUT2D eigenvalue weighted by molar-refractivity contribution is 5.78. The largest absolute Gasteiger partial charge is 0.417 e. The third-order valence-corrected chi connectivity index (χ3v) is 6.38. The molecule has 0 spiro atoms. The molecule has 1 fully saturated rings. The van der Waals surface area contributed by atoms with E-state index in [1.165, 1.54) is 0 Å². The van der Waals surface area contributed by atoms with Crippen LogP contribution in [0.2, 0.25) is 0 Å². The topological polar surface area (TPSA) is 54.5 Å². The Morgan fingerprint density at radius 3 is 2.71 bits per heavy atom. The van der Waals surface area contributed by atoms with Gasteiger partial charge in [0.15, 0.2) is 0 Å². The Morgan fingerprint density at radius 1 is 1.29 bits per heavy atom. The van der Waals surface area contributed by atoms with Crippen LogP contribution in [0, 0.1) is 5.92 Å². The number of carbonyl (C=O) groups is 1. The maximum Gasteiger partial charge on any atom is 0.417 e. The molecule has 1 N–H and O–H groups in total. The number of amides is 1. The molecule has 1 aromatic heterocycles. The van der Waals surface area contributed by atoms with Crippen molar-refractivity contribution in [3.8, 4) is 0 Å². The molecule has 0 bridgehead atoms. The van der Waals surface area contributed by atoms with Crippen molar-refractivity contribution in [2.45, 2.75) is 83.6 Å².